The van der Waals surface area contributed by atoms with Gasteiger partial charge < -0.3 is 10.1 Å². The van der Waals surface area contributed by atoms with Crippen LogP contribution in [0.1, 0.15) is 29.6 Å². The maximum absolute atomic E-state index is 12.2. The summed E-state index contributed by atoms with van der Waals surface area (Å²) in [4.78, 5) is 16.1. The summed E-state index contributed by atoms with van der Waals surface area (Å²) in [5, 5.41) is 3.07. The highest BCUT2D eigenvalue weighted by molar-refractivity contribution is 5.94. The number of pyridine rings is 1. The molecule has 0 aliphatic heterocycles. The van der Waals surface area contributed by atoms with Crippen LogP contribution >= 0.6 is 0 Å². The normalized spacial score (nSPS) is 21.0. The van der Waals surface area contributed by atoms with E-state index in [0.717, 1.165) is 25.0 Å². The third-order valence-corrected chi connectivity index (χ3v) is 3.74. The molecule has 0 radical (unpaired) electrons. The summed E-state index contributed by atoms with van der Waals surface area (Å²) in [6, 6.07) is 13.3. The Kier molecular flexibility index (Phi) is 4.15. The number of benzene rings is 1. The zero-order chi connectivity index (χ0) is 14.5. The molecule has 1 amide bonds. The van der Waals surface area contributed by atoms with Crippen LogP contribution in [0, 0.1) is 0 Å². The highest BCUT2D eigenvalue weighted by Gasteiger charge is 2.30. The van der Waals surface area contributed by atoms with Crippen molar-refractivity contribution in [1.29, 1.82) is 0 Å². The lowest BCUT2D eigenvalue weighted by Gasteiger charge is -2.22. The number of hydrogen-bond acceptors (Lipinski definition) is 3. The molecule has 1 N–H and O–H groups in total. The number of nitrogens with one attached hydrogen (secondary N) is 1. The third kappa shape index (κ3) is 3.40. The van der Waals surface area contributed by atoms with Gasteiger partial charge in [0.1, 0.15) is 11.9 Å². The molecule has 0 saturated heterocycles. The van der Waals surface area contributed by atoms with Crippen molar-refractivity contribution in [2.75, 3.05) is 0 Å². The van der Waals surface area contributed by atoms with Gasteiger partial charge in [-0.1, -0.05) is 18.2 Å². The van der Waals surface area contributed by atoms with Crippen molar-refractivity contribution in [2.24, 2.45) is 0 Å². The second kappa shape index (κ2) is 6.39. The quantitative estimate of drug-likeness (QED) is 0.938. The number of carbonyl (C=O) groups is 1. The summed E-state index contributed by atoms with van der Waals surface area (Å²) in [6.07, 6.45) is 6.28. The standard InChI is InChI=1S/C17H18N2O2/c20-17(13-9-11-18-12-10-13)19-15-7-4-8-16(15)21-14-5-2-1-3-6-14/h1-3,5-6,9-12,15-16H,4,7-8H2,(H,19,20)/t15-,16-/m1/s1. The average Bonchev–Trinajstić information content (AvgIpc) is 2.96. The van der Waals surface area contributed by atoms with Gasteiger partial charge in [-0.2, -0.15) is 0 Å². The van der Waals surface area contributed by atoms with E-state index in [4.69, 9.17) is 4.74 Å². The molecular weight excluding hydrogens is 264 g/mol. The Labute approximate surface area is 124 Å². The van der Waals surface area contributed by atoms with Crippen molar-refractivity contribution < 1.29 is 9.53 Å². The highest BCUT2D eigenvalue weighted by Crippen LogP contribution is 2.24. The number of para-hydroxylation sites is 1. The van der Waals surface area contributed by atoms with Crippen LogP contribution < -0.4 is 10.1 Å². The van der Waals surface area contributed by atoms with Gasteiger partial charge in [0, 0.05) is 18.0 Å². The maximum Gasteiger partial charge on any atom is 0.251 e. The minimum Gasteiger partial charge on any atom is -0.488 e. The molecule has 1 aromatic heterocycles. The van der Waals surface area contributed by atoms with Gasteiger partial charge in [0.15, 0.2) is 0 Å². The molecule has 0 unspecified atom stereocenters. The second-order valence-electron chi connectivity index (χ2n) is 5.22. The molecule has 21 heavy (non-hydrogen) atoms. The first kappa shape index (κ1) is 13.6. The van der Waals surface area contributed by atoms with Crippen molar-refractivity contribution in [3.63, 3.8) is 0 Å². The molecule has 2 atom stereocenters. The number of ether oxygens (including phenoxy) is 1. The molecule has 0 spiro atoms. The Bertz CT molecular complexity index is 586. The lowest BCUT2D eigenvalue weighted by Crippen LogP contribution is -2.42. The van der Waals surface area contributed by atoms with Crippen LogP contribution in [0.5, 0.6) is 5.75 Å². The topological polar surface area (TPSA) is 51.2 Å². The number of rotatable bonds is 4. The fourth-order valence-electron chi connectivity index (χ4n) is 2.66. The molecule has 1 saturated carbocycles. The van der Waals surface area contributed by atoms with Crippen LogP contribution in [0.25, 0.3) is 0 Å². The van der Waals surface area contributed by atoms with Crippen molar-refractivity contribution in [3.05, 3.63) is 60.4 Å². The minimum atomic E-state index is -0.0639. The maximum atomic E-state index is 12.2. The number of aromatic nitrogens is 1. The van der Waals surface area contributed by atoms with Gasteiger partial charge in [0.05, 0.1) is 6.04 Å². The van der Waals surface area contributed by atoms with E-state index >= 15 is 0 Å². The van der Waals surface area contributed by atoms with E-state index in [1.807, 2.05) is 30.3 Å². The number of hydrogen-bond donors (Lipinski definition) is 1. The van der Waals surface area contributed by atoms with E-state index in [0.29, 0.717) is 5.56 Å². The molecule has 1 aromatic carbocycles. The lowest BCUT2D eigenvalue weighted by molar-refractivity contribution is 0.0894. The fraction of sp³-hybridized carbons (Fsp3) is 0.294. The van der Waals surface area contributed by atoms with Crippen LogP contribution in [-0.2, 0) is 0 Å². The highest BCUT2D eigenvalue weighted by atomic mass is 16.5. The van der Waals surface area contributed by atoms with Gasteiger partial charge in [-0.25, -0.2) is 0 Å². The van der Waals surface area contributed by atoms with E-state index in [1.54, 1.807) is 24.5 Å². The molecule has 1 fully saturated rings. The second-order valence-corrected chi connectivity index (χ2v) is 5.22. The van der Waals surface area contributed by atoms with Crippen molar-refractivity contribution in [2.45, 2.75) is 31.4 Å². The Morgan fingerprint density at radius 2 is 1.86 bits per heavy atom. The summed E-state index contributed by atoms with van der Waals surface area (Å²) in [5.41, 5.74) is 0.635. The van der Waals surface area contributed by atoms with E-state index in [1.165, 1.54) is 0 Å². The zero-order valence-electron chi connectivity index (χ0n) is 11.7. The summed E-state index contributed by atoms with van der Waals surface area (Å²) in [6.45, 7) is 0. The minimum absolute atomic E-state index is 0.0400. The third-order valence-electron chi connectivity index (χ3n) is 3.74. The summed E-state index contributed by atoms with van der Waals surface area (Å²) < 4.78 is 6.00. The monoisotopic (exact) mass is 282 g/mol. The first-order valence-corrected chi connectivity index (χ1v) is 7.25. The van der Waals surface area contributed by atoms with Crippen molar-refractivity contribution >= 4 is 5.91 Å². The fourth-order valence-corrected chi connectivity index (χ4v) is 2.66. The molecule has 2 aromatic rings. The average molecular weight is 282 g/mol. The Morgan fingerprint density at radius 3 is 2.62 bits per heavy atom. The largest absolute Gasteiger partial charge is 0.488 e. The van der Waals surface area contributed by atoms with E-state index in [-0.39, 0.29) is 18.1 Å². The van der Waals surface area contributed by atoms with Gasteiger partial charge in [0.25, 0.3) is 5.91 Å². The van der Waals surface area contributed by atoms with Crippen LogP contribution in [0.2, 0.25) is 0 Å². The molecule has 3 rings (SSSR count). The predicted molar refractivity (Wildman–Crippen MR) is 80.2 cm³/mol. The van der Waals surface area contributed by atoms with Crippen molar-refractivity contribution in [1.82, 2.24) is 10.3 Å². The first-order valence-electron chi connectivity index (χ1n) is 7.25. The molecule has 0 bridgehead atoms. The molecular formula is C17H18N2O2. The van der Waals surface area contributed by atoms with Gasteiger partial charge >= 0.3 is 0 Å². The molecule has 1 aliphatic rings. The summed E-state index contributed by atoms with van der Waals surface area (Å²) >= 11 is 0. The molecule has 4 nitrogen and oxygen atoms in total. The molecule has 4 heteroatoms. The SMILES string of the molecule is O=C(N[C@@H]1CCC[C@H]1Oc1ccccc1)c1ccncc1. The van der Waals surface area contributed by atoms with Crippen LogP contribution in [-0.4, -0.2) is 23.0 Å². The Morgan fingerprint density at radius 1 is 1.10 bits per heavy atom. The van der Waals surface area contributed by atoms with Gasteiger partial charge in [-0.15, -0.1) is 0 Å². The van der Waals surface area contributed by atoms with Gasteiger partial charge in [0.2, 0.25) is 0 Å². The van der Waals surface area contributed by atoms with Crippen molar-refractivity contribution in [3.8, 4) is 5.75 Å². The number of carbonyl (C=O) groups excluding carboxylic acids is 1. The molecule has 108 valence electrons. The van der Waals surface area contributed by atoms with E-state index < -0.39 is 0 Å². The van der Waals surface area contributed by atoms with Gasteiger partial charge in [-0.05, 0) is 43.5 Å². The zero-order valence-corrected chi connectivity index (χ0v) is 11.7. The lowest BCUT2D eigenvalue weighted by atomic mass is 10.2. The molecule has 1 heterocycles. The summed E-state index contributed by atoms with van der Waals surface area (Å²) in [7, 11) is 0. The van der Waals surface area contributed by atoms with Crippen LogP contribution in [0.4, 0.5) is 0 Å². The Balaban J connectivity index is 1.63. The predicted octanol–water partition coefficient (Wildman–Crippen LogP) is 2.81. The smallest absolute Gasteiger partial charge is 0.251 e. The molecule has 1 aliphatic carbocycles. The Hall–Kier alpha value is -2.36. The first-order chi connectivity index (χ1) is 10.3. The number of nitrogens with zero attached hydrogens (tertiary/aromatic N) is 1. The van der Waals surface area contributed by atoms with E-state index in [9.17, 15) is 4.79 Å². The van der Waals surface area contributed by atoms with Gasteiger partial charge in [-0.3, -0.25) is 9.78 Å². The van der Waals surface area contributed by atoms with Crippen LogP contribution in [0.15, 0.2) is 54.9 Å². The van der Waals surface area contributed by atoms with E-state index in [2.05, 4.69) is 10.3 Å². The summed E-state index contributed by atoms with van der Waals surface area (Å²) in [5.74, 6) is 0.790. The van der Waals surface area contributed by atoms with Crippen LogP contribution in [0.3, 0.4) is 0 Å². The number of amides is 1.